The van der Waals surface area contributed by atoms with Gasteiger partial charge in [0.15, 0.2) is 0 Å². The molecule has 0 radical (unpaired) electrons. The summed E-state index contributed by atoms with van der Waals surface area (Å²) < 4.78 is 28.8. The van der Waals surface area contributed by atoms with Gasteiger partial charge in [0.1, 0.15) is 0 Å². The summed E-state index contributed by atoms with van der Waals surface area (Å²) in [6.07, 6.45) is 6.31. The molecule has 0 spiro atoms. The van der Waals surface area contributed by atoms with E-state index >= 15 is 0 Å². The van der Waals surface area contributed by atoms with Crippen LogP contribution in [0.3, 0.4) is 0 Å². The molecule has 1 fully saturated rings. The normalized spacial score (nSPS) is 22.6. The molecular weight excluding hydrogens is 286 g/mol. The van der Waals surface area contributed by atoms with Crippen molar-refractivity contribution in [2.75, 3.05) is 13.1 Å². The van der Waals surface area contributed by atoms with E-state index in [1.54, 1.807) is 12.3 Å². The van der Waals surface area contributed by atoms with Crippen LogP contribution in [-0.2, 0) is 16.8 Å². The maximum absolute atomic E-state index is 11.9. The number of hydrogen-bond acceptors (Lipinski definition) is 3. The number of likely N-dealkylation sites (tertiary alicyclic amines) is 1. The largest absolute Gasteiger partial charge is 0.344 e. The third-order valence-electron chi connectivity index (χ3n) is 3.95. The van der Waals surface area contributed by atoms with Crippen LogP contribution < -0.4 is 0 Å². The second kappa shape index (κ2) is 5.99. The lowest BCUT2D eigenvalue weighted by atomic mass is 10.0. The number of nitrogens with zero attached hydrogens (tertiary/aromatic N) is 3. The number of hydrogen-bond donors (Lipinski definition) is 0. The van der Waals surface area contributed by atoms with Gasteiger partial charge < -0.3 is 0 Å². The molecule has 0 unspecified atom stereocenters. The lowest BCUT2D eigenvalue weighted by Gasteiger charge is -2.36. The van der Waals surface area contributed by atoms with E-state index in [0.717, 1.165) is 32.5 Å². The predicted octanol–water partition coefficient (Wildman–Crippen LogP) is 1.80. The van der Waals surface area contributed by atoms with E-state index in [1.165, 1.54) is 16.1 Å². The highest BCUT2D eigenvalue weighted by Crippen LogP contribution is 2.23. The molecule has 21 heavy (non-hydrogen) atoms. The van der Waals surface area contributed by atoms with Crippen LogP contribution in [0, 0.1) is 0 Å². The Kier molecular flexibility index (Phi) is 4.07. The molecule has 0 amide bonds. The average Bonchev–Trinajstić information content (AvgIpc) is 2.49. The lowest BCUT2D eigenvalue weighted by molar-refractivity contribution is 0.170. The molecule has 2 aliphatic heterocycles. The Bertz CT molecular complexity index is 632. The van der Waals surface area contributed by atoms with Crippen molar-refractivity contribution in [1.82, 2.24) is 9.21 Å². The van der Waals surface area contributed by atoms with Crippen molar-refractivity contribution in [3.05, 3.63) is 48.2 Å². The van der Waals surface area contributed by atoms with Crippen molar-refractivity contribution in [1.29, 1.82) is 0 Å². The van der Waals surface area contributed by atoms with Crippen LogP contribution in [-0.4, -0.2) is 43.0 Å². The van der Waals surface area contributed by atoms with Gasteiger partial charge in [-0.2, -0.15) is 12.8 Å². The number of benzene rings is 1. The van der Waals surface area contributed by atoms with Gasteiger partial charge in [-0.25, -0.2) is 0 Å². The molecule has 1 aromatic rings. The molecule has 6 heteroatoms. The first-order valence-electron chi connectivity index (χ1n) is 7.17. The number of allylic oxidation sites excluding steroid dienone is 1. The minimum atomic E-state index is -3.50. The molecule has 1 aromatic carbocycles. The highest BCUT2D eigenvalue weighted by atomic mass is 32.2. The zero-order chi connectivity index (χ0) is 14.7. The first-order chi connectivity index (χ1) is 10.1. The molecule has 112 valence electrons. The average molecular weight is 305 g/mol. The minimum Gasteiger partial charge on any atom is -0.299 e. The maximum atomic E-state index is 11.9. The summed E-state index contributed by atoms with van der Waals surface area (Å²) in [5.41, 5.74) is 1.30. The molecule has 1 saturated heterocycles. The van der Waals surface area contributed by atoms with Crippen LogP contribution >= 0.6 is 0 Å². The first kappa shape index (κ1) is 14.3. The van der Waals surface area contributed by atoms with E-state index in [4.69, 9.17) is 0 Å². The zero-order valence-corrected chi connectivity index (χ0v) is 12.6. The van der Waals surface area contributed by atoms with Gasteiger partial charge >= 0.3 is 10.2 Å². The zero-order valence-electron chi connectivity index (χ0n) is 11.8. The maximum Gasteiger partial charge on any atom is 0.344 e. The Labute approximate surface area is 125 Å². The molecule has 0 aromatic heterocycles. The van der Waals surface area contributed by atoms with Crippen LogP contribution in [0.2, 0.25) is 0 Å². The molecule has 2 aliphatic rings. The van der Waals surface area contributed by atoms with Crippen molar-refractivity contribution in [3.63, 3.8) is 0 Å². The van der Waals surface area contributed by atoms with E-state index in [-0.39, 0.29) is 6.04 Å². The summed E-state index contributed by atoms with van der Waals surface area (Å²) in [6.45, 7) is 2.74. The molecule has 0 N–H and O–H groups in total. The summed E-state index contributed by atoms with van der Waals surface area (Å²) in [5, 5.41) is 0. The number of rotatable bonds is 3. The van der Waals surface area contributed by atoms with Crippen LogP contribution in [0.4, 0.5) is 0 Å². The Morgan fingerprint density at radius 2 is 1.86 bits per heavy atom. The van der Waals surface area contributed by atoms with E-state index in [1.807, 2.05) is 18.2 Å². The van der Waals surface area contributed by atoms with Gasteiger partial charge in [0.25, 0.3) is 0 Å². The quantitative estimate of drug-likeness (QED) is 0.855. The SMILES string of the molecule is O=S1(=O)N=CC=CN1C1CCN(Cc2ccccc2)CC1. The van der Waals surface area contributed by atoms with Gasteiger partial charge in [0, 0.05) is 38.1 Å². The highest BCUT2D eigenvalue weighted by Gasteiger charge is 2.30. The van der Waals surface area contributed by atoms with Crippen LogP contribution in [0.25, 0.3) is 0 Å². The van der Waals surface area contributed by atoms with E-state index in [0.29, 0.717) is 0 Å². The van der Waals surface area contributed by atoms with Crippen molar-refractivity contribution in [3.8, 4) is 0 Å². The van der Waals surface area contributed by atoms with Crippen LogP contribution in [0.15, 0.2) is 47.0 Å². The van der Waals surface area contributed by atoms with Gasteiger partial charge in [-0.15, -0.1) is 0 Å². The molecular formula is C15H19N3O2S. The number of piperidine rings is 1. The predicted molar refractivity (Wildman–Crippen MR) is 83.1 cm³/mol. The van der Waals surface area contributed by atoms with Crippen molar-refractivity contribution in [2.45, 2.75) is 25.4 Å². The molecule has 0 atom stereocenters. The van der Waals surface area contributed by atoms with E-state index < -0.39 is 10.2 Å². The Morgan fingerprint density at radius 3 is 2.52 bits per heavy atom. The topological polar surface area (TPSA) is 53.0 Å². The van der Waals surface area contributed by atoms with Gasteiger partial charge in [0.05, 0.1) is 0 Å². The Morgan fingerprint density at radius 1 is 1.14 bits per heavy atom. The molecule has 0 bridgehead atoms. The van der Waals surface area contributed by atoms with Gasteiger partial charge in [-0.3, -0.25) is 9.21 Å². The standard InChI is InChI=1S/C15H19N3O2S/c19-21(20)16-9-4-10-18(21)15-7-11-17(12-8-15)13-14-5-2-1-3-6-14/h1-6,9-10,15H,7-8,11-13H2. The van der Waals surface area contributed by atoms with Gasteiger partial charge in [-0.05, 0) is 24.5 Å². The fourth-order valence-electron chi connectivity index (χ4n) is 2.85. The highest BCUT2D eigenvalue weighted by molar-refractivity contribution is 7.88. The third-order valence-corrected chi connectivity index (χ3v) is 5.29. The summed E-state index contributed by atoms with van der Waals surface area (Å²) in [7, 11) is -3.50. The van der Waals surface area contributed by atoms with Gasteiger partial charge in [0.2, 0.25) is 0 Å². The smallest absolute Gasteiger partial charge is 0.299 e. The summed E-state index contributed by atoms with van der Waals surface area (Å²) in [5.74, 6) is 0. The third kappa shape index (κ3) is 3.33. The summed E-state index contributed by atoms with van der Waals surface area (Å²) in [4.78, 5) is 2.37. The fraction of sp³-hybridized carbons (Fsp3) is 0.400. The first-order valence-corrected chi connectivity index (χ1v) is 8.57. The fourth-order valence-corrected chi connectivity index (χ4v) is 3.99. The van der Waals surface area contributed by atoms with Crippen LogP contribution in [0.1, 0.15) is 18.4 Å². The van der Waals surface area contributed by atoms with Crippen molar-refractivity contribution >= 4 is 16.4 Å². The molecule has 3 rings (SSSR count). The second-order valence-corrected chi connectivity index (χ2v) is 6.92. The second-order valence-electron chi connectivity index (χ2n) is 5.40. The summed E-state index contributed by atoms with van der Waals surface area (Å²) >= 11 is 0. The Balaban J connectivity index is 1.58. The summed E-state index contributed by atoms with van der Waals surface area (Å²) in [6, 6.07) is 10.4. The van der Waals surface area contributed by atoms with Crippen LogP contribution in [0.5, 0.6) is 0 Å². The Hall–Kier alpha value is -1.66. The van der Waals surface area contributed by atoms with E-state index in [2.05, 4.69) is 21.4 Å². The lowest BCUT2D eigenvalue weighted by Crippen LogP contribution is -2.44. The molecule has 0 saturated carbocycles. The van der Waals surface area contributed by atoms with Gasteiger partial charge in [-0.1, -0.05) is 30.3 Å². The molecule has 5 nitrogen and oxygen atoms in total. The van der Waals surface area contributed by atoms with Crippen molar-refractivity contribution in [2.24, 2.45) is 4.40 Å². The van der Waals surface area contributed by atoms with Crippen molar-refractivity contribution < 1.29 is 8.42 Å². The minimum absolute atomic E-state index is 0.0238. The monoisotopic (exact) mass is 305 g/mol. The molecule has 2 heterocycles. The van der Waals surface area contributed by atoms with E-state index in [9.17, 15) is 8.42 Å². The molecule has 0 aliphatic carbocycles.